The summed E-state index contributed by atoms with van der Waals surface area (Å²) in [6.45, 7) is 2.23. The van der Waals surface area contributed by atoms with Crippen LogP contribution in [0.15, 0.2) is 46.9 Å². The lowest BCUT2D eigenvalue weighted by Crippen LogP contribution is -2.51. The van der Waals surface area contributed by atoms with Gasteiger partial charge < -0.3 is 23.9 Å². The number of benzene rings is 2. The van der Waals surface area contributed by atoms with Crippen LogP contribution >= 0.6 is 0 Å². The van der Waals surface area contributed by atoms with E-state index in [0.29, 0.717) is 30.1 Å². The highest BCUT2D eigenvalue weighted by molar-refractivity contribution is 5.96. The molecular formula is C24H23NO5. The maximum absolute atomic E-state index is 13.3. The minimum absolute atomic E-state index is 0.0124. The zero-order valence-corrected chi connectivity index (χ0v) is 16.8. The molecule has 1 aromatic heterocycles. The third-order valence-electron chi connectivity index (χ3n) is 6.79. The molecule has 6 rings (SSSR count). The molecule has 2 fully saturated rings. The van der Waals surface area contributed by atoms with Gasteiger partial charge in [-0.25, -0.2) is 0 Å². The van der Waals surface area contributed by atoms with Crippen molar-refractivity contribution in [1.29, 1.82) is 0 Å². The molecule has 6 nitrogen and oxygen atoms in total. The third-order valence-corrected chi connectivity index (χ3v) is 6.79. The molecule has 3 aliphatic heterocycles. The summed E-state index contributed by atoms with van der Waals surface area (Å²) in [5, 5.41) is 12.5. The second kappa shape index (κ2) is 6.25. The highest BCUT2D eigenvalue weighted by Crippen LogP contribution is 2.48. The van der Waals surface area contributed by atoms with Crippen molar-refractivity contribution >= 4 is 16.9 Å². The van der Waals surface area contributed by atoms with Crippen LogP contribution in [0.5, 0.6) is 11.5 Å². The molecule has 0 spiro atoms. The van der Waals surface area contributed by atoms with E-state index in [-0.39, 0.29) is 24.8 Å². The average Bonchev–Trinajstić information content (AvgIpc) is 3.43. The Balaban J connectivity index is 1.29. The van der Waals surface area contributed by atoms with Gasteiger partial charge >= 0.3 is 0 Å². The van der Waals surface area contributed by atoms with Gasteiger partial charge in [-0.2, -0.15) is 0 Å². The van der Waals surface area contributed by atoms with Gasteiger partial charge in [0.1, 0.15) is 5.58 Å². The van der Waals surface area contributed by atoms with Crippen LogP contribution in [0, 0.1) is 6.92 Å². The summed E-state index contributed by atoms with van der Waals surface area (Å²) in [5.74, 6) is 1.67. The molecule has 6 heteroatoms. The SMILES string of the molecule is Cc1ccc2oc(C(=O)N3[C@H]4CC[C@H]3CC(O)(c3ccc5c(c3)OCO5)C4)cc2c1. The quantitative estimate of drug-likeness (QED) is 0.694. The van der Waals surface area contributed by atoms with Crippen LogP contribution in [0.4, 0.5) is 0 Å². The zero-order chi connectivity index (χ0) is 20.5. The highest BCUT2D eigenvalue weighted by Gasteiger charge is 2.50. The fraction of sp³-hybridized carbons (Fsp3) is 0.375. The van der Waals surface area contributed by atoms with Gasteiger partial charge in [-0.15, -0.1) is 0 Å². The number of ether oxygens (including phenoxy) is 2. The maximum Gasteiger partial charge on any atom is 0.290 e. The van der Waals surface area contributed by atoms with Crippen LogP contribution in [-0.4, -0.2) is 34.8 Å². The summed E-state index contributed by atoms with van der Waals surface area (Å²) in [6.07, 6.45) is 2.80. The van der Waals surface area contributed by atoms with Crippen molar-refractivity contribution in [2.75, 3.05) is 6.79 Å². The number of aryl methyl sites for hydroxylation is 1. The lowest BCUT2D eigenvalue weighted by atomic mass is 9.80. The van der Waals surface area contributed by atoms with Crippen LogP contribution in [-0.2, 0) is 5.60 Å². The predicted molar refractivity (Wildman–Crippen MR) is 110 cm³/mol. The minimum atomic E-state index is -0.978. The van der Waals surface area contributed by atoms with Gasteiger partial charge in [-0.05, 0) is 55.7 Å². The number of nitrogens with zero attached hydrogens (tertiary/aromatic N) is 1. The molecule has 2 aromatic carbocycles. The van der Waals surface area contributed by atoms with Crippen molar-refractivity contribution in [3.05, 3.63) is 59.4 Å². The van der Waals surface area contributed by atoms with E-state index in [1.54, 1.807) is 0 Å². The molecule has 154 valence electrons. The van der Waals surface area contributed by atoms with Gasteiger partial charge in [-0.3, -0.25) is 4.79 Å². The topological polar surface area (TPSA) is 72.1 Å². The Morgan fingerprint density at radius 1 is 1.03 bits per heavy atom. The smallest absolute Gasteiger partial charge is 0.290 e. The van der Waals surface area contributed by atoms with Gasteiger partial charge in [0.25, 0.3) is 5.91 Å². The van der Waals surface area contributed by atoms with Crippen LogP contribution < -0.4 is 9.47 Å². The molecule has 1 N–H and O–H groups in total. The molecule has 2 atom stereocenters. The molecule has 4 heterocycles. The first kappa shape index (κ1) is 17.8. The first-order chi connectivity index (χ1) is 14.5. The Morgan fingerprint density at radius 2 is 1.80 bits per heavy atom. The fourth-order valence-corrected chi connectivity index (χ4v) is 5.37. The number of amides is 1. The molecule has 3 aliphatic rings. The lowest BCUT2D eigenvalue weighted by Gasteiger charge is -2.43. The van der Waals surface area contributed by atoms with Crippen LogP contribution in [0.3, 0.4) is 0 Å². The summed E-state index contributed by atoms with van der Waals surface area (Å²) in [7, 11) is 0. The van der Waals surface area contributed by atoms with Gasteiger partial charge in [0.05, 0.1) is 5.60 Å². The molecule has 2 bridgehead atoms. The zero-order valence-electron chi connectivity index (χ0n) is 16.8. The number of carbonyl (C=O) groups is 1. The number of furan rings is 1. The predicted octanol–water partition coefficient (Wildman–Crippen LogP) is 4.12. The summed E-state index contributed by atoms with van der Waals surface area (Å²) < 4.78 is 16.7. The summed E-state index contributed by atoms with van der Waals surface area (Å²) in [5.41, 5.74) is 1.71. The van der Waals surface area contributed by atoms with Crippen molar-refractivity contribution < 1.29 is 23.8 Å². The van der Waals surface area contributed by atoms with Gasteiger partial charge in [-0.1, -0.05) is 17.7 Å². The normalized spacial score (nSPS) is 27.1. The third kappa shape index (κ3) is 2.63. The molecule has 0 unspecified atom stereocenters. The van der Waals surface area contributed by atoms with Crippen molar-refractivity contribution in [1.82, 2.24) is 4.90 Å². The van der Waals surface area contributed by atoms with Crippen molar-refractivity contribution in [3.63, 3.8) is 0 Å². The Hall–Kier alpha value is -2.99. The molecule has 0 aliphatic carbocycles. The number of piperidine rings is 1. The van der Waals surface area contributed by atoms with E-state index in [4.69, 9.17) is 13.9 Å². The first-order valence-corrected chi connectivity index (χ1v) is 10.5. The van der Waals surface area contributed by atoms with E-state index in [1.165, 1.54) is 0 Å². The van der Waals surface area contributed by atoms with Crippen LogP contribution in [0.25, 0.3) is 11.0 Å². The molecule has 2 saturated heterocycles. The van der Waals surface area contributed by atoms with Crippen LogP contribution in [0.1, 0.15) is 47.4 Å². The number of hydrogen-bond acceptors (Lipinski definition) is 5. The van der Waals surface area contributed by atoms with Gasteiger partial charge in [0.2, 0.25) is 6.79 Å². The Bertz CT molecular complexity index is 1150. The van der Waals surface area contributed by atoms with E-state index in [0.717, 1.165) is 34.9 Å². The number of hydrogen-bond donors (Lipinski definition) is 1. The molecular weight excluding hydrogens is 382 g/mol. The van der Waals surface area contributed by atoms with Crippen LogP contribution in [0.2, 0.25) is 0 Å². The van der Waals surface area contributed by atoms with Crippen molar-refractivity contribution in [2.45, 2.75) is 50.3 Å². The molecule has 0 radical (unpaired) electrons. The monoisotopic (exact) mass is 405 g/mol. The lowest BCUT2D eigenvalue weighted by molar-refractivity contribution is -0.0486. The van der Waals surface area contributed by atoms with Crippen molar-refractivity contribution in [2.24, 2.45) is 0 Å². The van der Waals surface area contributed by atoms with Crippen molar-refractivity contribution in [3.8, 4) is 11.5 Å². The number of aliphatic hydroxyl groups is 1. The Kier molecular flexibility index (Phi) is 3.72. The number of rotatable bonds is 2. The first-order valence-electron chi connectivity index (χ1n) is 10.5. The fourth-order valence-electron chi connectivity index (χ4n) is 5.37. The summed E-state index contributed by atoms with van der Waals surface area (Å²) in [4.78, 5) is 15.3. The molecule has 30 heavy (non-hydrogen) atoms. The summed E-state index contributed by atoms with van der Waals surface area (Å²) >= 11 is 0. The Labute approximate surface area is 174 Å². The standard InChI is InChI=1S/C24H23NO5/c1-14-2-6-19-15(8-14)9-22(30-19)23(26)25-17-4-5-18(25)12-24(27,11-17)16-3-7-20-21(10-16)29-13-28-20/h2-3,6-10,17-18,27H,4-5,11-13H2,1H3/t17-,18-/m0/s1. The number of carbonyl (C=O) groups excluding carboxylic acids is 1. The summed E-state index contributed by atoms with van der Waals surface area (Å²) in [6, 6.07) is 13.4. The largest absolute Gasteiger partial charge is 0.454 e. The number of fused-ring (bicyclic) bond motifs is 4. The van der Waals surface area contributed by atoms with Gasteiger partial charge in [0.15, 0.2) is 17.3 Å². The minimum Gasteiger partial charge on any atom is -0.454 e. The highest BCUT2D eigenvalue weighted by atomic mass is 16.7. The van der Waals surface area contributed by atoms with E-state index in [1.807, 2.05) is 54.3 Å². The van der Waals surface area contributed by atoms with E-state index < -0.39 is 5.60 Å². The second-order valence-electron chi connectivity index (χ2n) is 8.76. The van der Waals surface area contributed by atoms with E-state index >= 15 is 0 Å². The van der Waals surface area contributed by atoms with Gasteiger partial charge in [0, 0.05) is 30.3 Å². The molecule has 1 amide bonds. The molecule has 3 aromatic rings. The second-order valence-corrected chi connectivity index (χ2v) is 8.76. The Morgan fingerprint density at radius 3 is 2.60 bits per heavy atom. The average molecular weight is 405 g/mol. The molecule has 0 saturated carbocycles. The van der Waals surface area contributed by atoms with E-state index in [9.17, 15) is 9.90 Å². The maximum atomic E-state index is 13.3. The van der Waals surface area contributed by atoms with E-state index in [2.05, 4.69) is 0 Å².